The third-order valence-corrected chi connectivity index (χ3v) is 3.90. The summed E-state index contributed by atoms with van der Waals surface area (Å²) in [5, 5.41) is 0. The number of rotatable bonds is 7. The summed E-state index contributed by atoms with van der Waals surface area (Å²) in [4.78, 5) is 27.7. The Morgan fingerprint density at radius 2 is 1.70 bits per heavy atom. The summed E-state index contributed by atoms with van der Waals surface area (Å²) >= 11 is 0. The van der Waals surface area contributed by atoms with Crippen LogP contribution in [0.5, 0.6) is 0 Å². The lowest BCUT2D eigenvalue weighted by Crippen LogP contribution is -2.42. The number of carbonyl (C=O) groups excluding carboxylic acids is 2. The van der Waals surface area contributed by atoms with E-state index in [0.717, 1.165) is 32.2 Å². The second-order valence-electron chi connectivity index (χ2n) is 5.79. The molecule has 1 rings (SSSR count). The van der Waals surface area contributed by atoms with Crippen molar-refractivity contribution in [3.63, 3.8) is 0 Å². The minimum Gasteiger partial charge on any atom is -0.469 e. The first kappa shape index (κ1) is 17.0. The number of likely N-dealkylation sites (N-methyl/N-ethyl adjacent to an activating group) is 1. The van der Waals surface area contributed by atoms with Gasteiger partial charge >= 0.3 is 5.97 Å². The summed E-state index contributed by atoms with van der Waals surface area (Å²) < 4.78 is 4.66. The van der Waals surface area contributed by atoms with E-state index in [1.165, 1.54) is 13.5 Å². The SMILES string of the molecule is COC(=O)CCN(CCN(C)C)C(=O)C1CCCCC1. The van der Waals surface area contributed by atoms with Gasteiger partial charge in [-0.15, -0.1) is 0 Å². The van der Waals surface area contributed by atoms with E-state index in [1.54, 1.807) is 0 Å². The Morgan fingerprint density at radius 1 is 1.05 bits per heavy atom. The maximum absolute atomic E-state index is 12.6. The molecule has 116 valence electrons. The Bertz CT molecular complexity index is 312. The number of carbonyl (C=O) groups is 2. The highest BCUT2D eigenvalue weighted by molar-refractivity contribution is 5.79. The monoisotopic (exact) mass is 284 g/mol. The van der Waals surface area contributed by atoms with E-state index in [4.69, 9.17) is 0 Å². The van der Waals surface area contributed by atoms with E-state index in [0.29, 0.717) is 13.1 Å². The normalized spacial score (nSPS) is 16.2. The summed E-state index contributed by atoms with van der Waals surface area (Å²) in [6.07, 6.45) is 5.81. The molecule has 0 bridgehead atoms. The molecule has 1 amide bonds. The number of nitrogens with zero attached hydrogens (tertiary/aromatic N) is 2. The lowest BCUT2D eigenvalue weighted by Gasteiger charge is -2.30. The van der Waals surface area contributed by atoms with Crippen LogP contribution in [0.2, 0.25) is 0 Å². The molecule has 0 aromatic heterocycles. The predicted molar refractivity (Wildman–Crippen MR) is 78.3 cm³/mol. The largest absolute Gasteiger partial charge is 0.469 e. The van der Waals surface area contributed by atoms with Gasteiger partial charge in [-0.25, -0.2) is 0 Å². The lowest BCUT2D eigenvalue weighted by molar-refractivity contribution is -0.142. The maximum atomic E-state index is 12.6. The molecule has 5 nitrogen and oxygen atoms in total. The van der Waals surface area contributed by atoms with Crippen LogP contribution in [-0.4, -0.2) is 62.5 Å². The van der Waals surface area contributed by atoms with Crippen molar-refractivity contribution < 1.29 is 14.3 Å². The smallest absolute Gasteiger partial charge is 0.307 e. The summed E-state index contributed by atoms with van der Waals surface area (Å²) in [6, 6.07) is 0. The van der Waals surface area contributed by atoms with Crippen molar-refractivity contribution >= 4 is 11.9 Å². The molecule has 0 atom stereocenters. The highest BCUT2D eigenvalue weighted by Gasteiger charge is 2.26. The molecule has 5 heteroatoms. The van der Waals surface area contributed by atoms with Gasteiger partial charge in [-0.3, -0.25) is 9.59 Å². The van der Waals surface area contributed by atoms with Crippen LogP contribution in [0.3, 0.4) is 0 Å². The average molecular weight is 284 g/mol. The Morgan fingerprint density at radius 3 is 2.25 bits per heavy atom. The van der Waals surface area contributed by atoms with Crippen molar-refractivity contribution in [2.75, 3.05) is 40.8 Å². The molecule has 0 spiro atoms. The van der Waals surface area contributed by atoms with Crippen molar-refractivity contribution in [3.8, 4) is 0 Å². The molecule has 0 aromatic rings. The van der Waals surface area contributed by atoms with Crippen LogP contribution in [-0.2, 0) is 14.3 Å². The van der Waals surface area contributed by atoms with E-state index in [2.05, 4.69) is 9.64 Å². The van der Waals surface area contributed by atoms with E-state index >= 15 is 0 Å². The van der Waals surface area contributed by atoms with Crippen LogP contribution in [0.4, 0.5) is 0 Å². The number of hydrogen-bond donors (Lipinski definition) is 0. The van der Waals surface area contributed by atoms with Crippen LogP contribution >= 0.6 is 0 Å². The van der Waals surface area contributed by atoms with Crippen LogP contribution in [0.15, 0.2) is 0 Å². The Labute approximate surface area is 122 Å². The van der Waals surface area contributed by atoms with Gasteiger partial charge in [-0.2, -0.15) is 0 Å². The molecule has 1 aliphatic carbocycles. The molecular formula is C15H28N2O3. The quantitative estimate of drug-likeness (QED) is 0.665. The first-order valence-corrected chi connectivity index (χ1v) is 7.55. The minimum absolute atomic E-state index is 0.156. The molecule has 1 fully saturated rings. The second-order valence-corrected chi connectivity index (χ2v) is 5.79. The van der Waals surface area contributed by atoms with Crippen LogP contribution < -0.4 is 0 Å². The van der Waals surface area contributed by atoms with Crippen molar-refractivity contribution in [1.29, 1.82) is 0 Å². The molecule has 0 saturated heterocycles. The van der Waals surface area contributed by atoms with Crippen LogP contribution in [0.25, 0.3) is 0 Å². The van der Waals surface area contributed by atoms with Gasteiger partial charge in [0.1, 0.15) is 0 Å². The molecule has 0 radical (unpaired) electrons. The second kappa shape index (κ2) is 8.95. The van der Waals surface area contributed by atoms with Gasteiger partial charge in [0.05, 0.1) is 13.5 Å². The molecule has 0 aromatic carbocycles. The van der Waals surface area contributed by atoms with E-state index < -0.39 is 0 Å². The minimum atomic E-state index is -0.253. The van der Waals surface area contributed by atoms with Gasteiger partial charge in [-0.05, 0) is 26.9 Å². The lowest BCUT2D eigenvalue weighted by atomic mass is 9.88. The van der Waals surface area contributed by atoms with Gasteiger partial charge in [0, 0.05) is 25.6 Å². The average Bonchev–Trinajstić information content (AvgIpc) is 2.47. The summed E-state index contributed by atoms with van der Waals surface area (Å²) in [5.74, 6) is 0.121. The fourth-order valence-corrected chi connectivity index (χ4v) is 2.59. The first-order chi connectivity index (χ1) is 9.54. The Kier molecular flexibility index (Phi) is 7.59. The van der Waals surface area contributed by atoms with Crippen LogP contribution in [0.1, 0.15) is 38.5 Å². The maximum Gasteiger partial charge on any atom is 0.307 e. The number of esters is 1. The molecule has 1 aliphatic rings. The zero-order valence-corrected chi connectivity index (χ0v) is 13.1. The van der Waals surface area contributed by atoms with Crippen molar-refractivity contribution in [2.45, 2.75) is 38.5 Å². The summed E-state index contributed by atoms with van der Waals surface area (Å²) in [6.45, 7) is 1.97. The zero-order chi connectivity index (χ0) is 15.0. The number of ether oxygens (including phenoxy) is 1. The third-order valence-electron chi connectivity index (χ3n) is 3.90. The molecule has 0 heterocycles. The van der Waals surface area contributed by atoms with Gasteiger partial charge in [-0.1, -0.05) is 19.3 Å². The van der Waals surface area contributed by atoms with Gasteiger partial charge in [0.25, 0.3) is 0 Å². The topological polar surface area (TPSA) is 49.9 Å². The number of methoxy groups -OCH3 is 1. The van der Waals surface area contributed by atoms with Crippen molar-refractivity contribution in [2.24, 2.45) is 5.92 Å². The van der Waals surface area contributed by atoms with Crippen molar-refractivity contribution in [1.82, 2.24) is 9.80 Å². The Balaban J connectivity index is 2.54. The molecule has 1 saturated carbocycles. The zero-order valence-electron chi connectivity index (χ0n) is 13.1. The molecule has 20 heavy (non-hydrogen) atoms. The molecule has 0 aliphatic heterocycles. The fraction of sp³-hybridized carbons (Fsp3) is 0.867. The van der Waals surface area contributed by atoms with E-state index in [9.17, 15) is 9.59 Å². The highest BCUT2D eigenvalue weighted by atomic mass is 16.5. The standard InChI is InChI=1S/C15H28N2O3/c1-16(2)11-12-17(10-9-14(18)20-3)15(19)13-7-5-4-6-8-13/h13H,4-12H2,1-3H3. The third kappa shape index (κ3) is 5.90. The van der Waals surface area contributed by atoms with E-state index in [1.807, 2.05) is 19.0 Å². The molecule has 0 unspecified atom stereocenters. The molecular weight excluding hydrogens is 256 g/mol. The van der Waals surface area contributed by atoms with E-state index in [-0.39, 0.29) is 24.2 Å². The highest BCUT2D eigenvalue weighted by Crippen LogP contribution is 2.25. The fourth-order valence-electron chi connectivity index (χ4n) is 2.59. The van der Waals surface area contributed by atoms with Gasteiger partial charge in [0.2, 0.25) is 5.91 Å². The summed E-state index contributed by atoms with van der Waals surface area (Å²) in [7, 11) is 5.36. The number of hydrogen-bond acceptors (Lipinski definition) is 4. The summed E-state index contributed by atoms with van der Waals surface area (Å²) in [5.41, 5.74) is 0. The number of amides is 1. The van der Waals surface area contributed by atoms with Crippen molar-refractivity contribution in [3.05, 3.63) is 0 Å². The molecule has 0 N–H and O–H groups in total. The van der Waals surface area contributed by atoms with Gasteiger partial charge in [0.15, 0.2) is 0 Å². The Hall–Kier alpha value is -1.10. The predicted octanol–water partition coefficient (Wildman–Crippen LogP) is 1.52. The van der Waals surface area contributed by atoms with Crippen LogP contribution in [0, 0.1) is 5.92 Å². The van der Waals surface area contributed by atoms with Gasteiger partial charge < -0.3 is 14.5 Å². The first-order valence-electron chi connectivity index (χ1n) is 7.55.